The lowest BCUT2D eigenvalue weighted by Crippen LogP contribution is -2.09. The number of nitrogens with two attached hydrogens (primary N) is 1. The van der Waals surface area contributed by atoms with Crippen molar-refractivity contribution in [2.24, 2.45) is 5.73 Å². The Kier molecular flexibility index (Phi) is 3.00. The smallest absolute Gasteiger partial charge is 0.320 e. The maximum atomic E-state index is 11.2. The lowest BCUT2D eigenvalue weighted by Gasteiger charge is -2.09. The molecule has 98 valence electrons. The highest BCUT2D eigenvalue weighted by Gasteiger charge is 2.12. The number of aromatic amines is 2. The van der Waals surface area contributed by atoms with Gasteiger partial charge in [0.05, 0.1) is 17.1 Å². The number of H-pyrrole nitrogens is 2. The van der Waals surface area contributed by atoms with Crippen LogP contribution in [0.25, 0.3) is 11.0 Å². The largest absolute Gasteiger partial charge is 0.323 e. The van der Waals surface area contributed by atoms with Gasteiger partial charge in [-0.15, -0.1) is 11.3 Å². The predicted octanol–water partition coefficient (Wildman–Crippen LogP) is 2.53. The molecule has 4 N–H and O–H groups in total. The lowest BCUT2D eigenvalue weighted by molar-refractivity contribution is 0.895. The number of hydrogen-bond acceptors (Lipinski definition) is 3. The predicted molar refractivity (Wildman–Crippen MR) is 78.6 cm³/mol. The third-order valence-electron chi connectivity index (χ3n) is 3.24. The lowest BCUT2D eigenvalue weighted by atomic mass is 10.1. The first-order chi connectivity index (χ1) is 9.17. The number of nitrogens with one attached hydrogen (secondary N) is 2. The van der Waals surface area contributed by atoms with Crippen LogP contribution in [-0.2, 0) is 6.42 Å². The van der Waals surface area contributed by atoms with E-state index in [1.165, 1.54) is 4.88 Å². The van der Waals surface area contributed by atoms with E-state index < -0.39 is 0 Å². The molecule has 5 heteroatoms. The van der Waals surface area contributed by atoms with Crippen LogP contribution in [0.4, 0.5) is 0 Å². The van der Waals surface area contributed by atoms with Gasteiger partial charge in [0.15, 0.2) is 0 Å². The Bertz CT molecular complexity index is 768. The molecule has 0 fully saturated rings. The van der Waals surface area contributed by atoms with Crippen molar-refractivity contribution < 1.29 is 0 Å². The Balaban J connectivity index is 2.00. The van der Waals surface area contributed by atoms with E-state index in [2.05, 4.69) is 29.0 Å². The van der Waals surface area contributed by atoms with Crippen LogP contribution in [0.1, 0.15) is 28.3 Å². The Hall–Kier alpha value is -1.85. The van der Waals surface area contributed by atoms with E-state index in [0.29, 0.717) is 0 Å². The number of benzene rings is 1. The molecule has 0 radical (unpaired) electrons. The minimum Gasteiger partial charge on any atom is -0.320 e. The number of fused-ring (bicyclic) bond motifs is 1. The molecule has 2 aromatic heterocycles. The molecule has 1 atom stereocenters. The molecule has 0 aliphatic heterocycles. The Morgan fingerprint density at radius 1 is 1.21 bits per heavy atom. The number of thiophene rings is 1. The fraction of sp³-hybridized carbons (Fsp3) is 0.214. The van der Waals surface area contributed by atoms with Crippen molar-refractivity contribution in [3.8, 4) is 0 Å². The molecule has 3 aromatic rings. The van der Waals surface area contributed by atoms with Gasteiger partial charge >= 0.3 is 5.69 Å². The van der Waals surface area contributed by atoms with E-state index in [4.69, 9.17) is 5.73 Å². The standard InChI is InChI=1S/C14H15N3OS/c1-2-9-4-6-12(19-9)13(15)8-3-5-10-11(7-8)17-14(18)16-10/h3-7,13H,2,15H2,1H3,(H2,16,17,18). The van der Waals surface area contributed by atoms with Crippen LogP contribution in [0.5, 0.6) is 0 Å². The summed E-state index contributed by atoms with van der Waals surface area (Å²) in [5.41, 5.74) is 8.71. The zero-order chi connectivity index (χ0) is 13.4. The Labute approximate surface area is 114 Å². The van der Waals surface area contributed by atoms with Crippen LogP contribution < -0.4 is 11.4 Å². The van der Waals surface area contributed by atoms with Crippen molar-refractivity contribution in [2.45, 2.75) is 19.4 Å². The number of rotatable bonds is 3. The van der Waals surface area contributed by atoms with Crippen molar-refractivity contribution in [1.29, 1.82) is 0 Å². The van der Waals surface area contributed by atoms with Crippen molar-refractivity contribution in [3.05, 3.63) is 56.1 Å². The quantitative estimate of drug-likeness (QED) is 0.686. The normalized spacial score (nSPS) is 12.9. The molecular weight excluding hydrogens is 258 g/mol. The number of aryl methyl sites for hydroxylation is 1. The van der Waals surface area contributed by atoms with Gasteiger partial charge < -0.3 is 15.7 Å². The maximum Gasteiger partial charge on any atom is 0.323 e. The van der Waals surface area contributed by atoms with Crippen LogP contribution in [-0.4, -0.2) is 9.97 Å². The van der Waals surface area contributed by atoms with Gasteiger partial charge in [-0.1, -0.05) is 13.0 Å². The molecule has 19 heavy (non-hydrogen) atoms. The highest BCUT2D eigenvalue weighted by atomic mass is 32.1. The number of hydrogen-bond donors (Lipinski definition) is 3. The molecule has 3 rings (SSSR count). The zero-order valence-electron chi connectivity index (χ0n) is 10.6. The van der Waals surface area contributed by atoms with Crippen LogP contribution in [0.2, 0.25) is 0 Å². The fourth-order valence-corrected chi connectivity index (χ4v) is 3.14. The van der Waals surface area contributed by atoms with Gasteiger partial charge in [0.2, 0.25) is 0 Å². The average Bonchev–Trinajstić information content (AvgIpc) is 3.01. The highest BCUT2D eigenvalue weighted by Crippen LogP contribution is 2.28. The van der Waals surface area contributed by atoms with Gasteiger partial charge in [-0.05, 0) is 36.2 Å². The number of imidazole rings is 1. The molecule has 0 aliphatic rings. The summed E-state index contributed by atoms with van der Waals surface area (Å²) >= 11 is 1.74. The van der Waals surface area contributed by atoms with E-state index in [-0.39, 0.29) is 11.7 Å². The maximum absolute atomic E-state index is 11.2. The van der Waals surface area contributed by atoms with Crippen molar-refractivity contribution in [3.63, 3.8) is 0 Å². The van der Waals surface area contributed by atoms with Gasteiger partial charge in [0.25, 0.3) is 0 Å². The Morgan fingerprint density at radius 3 is 2.74 bits per heavy atom. The van der Waals surface area contributed by atoms with E-state index in [1.807, 2.05) is 18.2 Å². The van der Waals surface area contributed by atoms with E-state index in [9.17, 15) is 4.79 Å². The molecule has 0 amide bonds. The van der Waals surface area contributed by atoms with E-state index in [1.54, 1.807) is 11.3 Å². The van der Waals surface area contributed by atoms with Crippen molar-refractivity contribution >= 4 is 22.4 Å². The van der Waals surface area contributed by atoms with Gasteiger partial charge in [0.1, 0.15) is 0 Å². The first-order valence-electron chi connectivity index (χ1n) is 6.23. The van der Waals surface area contributed by atoms with Crippen LogP contribution >= 0.6 is 11.3 Å². The molecule has 0 bridgehead atoms. The summed E-state index contributed by atoms with van der Waals surface area (Å²) in [5.74, 6) is 0. The summed E-state index contributed by atoms with van der Waals surface area (Å²) in [5, 5.41) is 0. The molecule has 0 aliphatic carbocycles. The molecule has 1 unspecified atom stereocenters. The summed E-state index contributed by atoms with van der Waals surface area (Å²) < 4.78 is 0. The molecular formula is C14H15N3OS. The van der Waals surface area contributed by atoms with Gasteiger partial charge in [-0.2, -0.15) is 0 Å². The summed E-state index contributed by atoms with van der Waals surface area (Å²) in [6, 6.07) is 9.84. The van der Waals surface area contributed by atoms with Crippen LogP contribution in [0.3, 0.4) is 0 Å². The molecule has 0 saturated carbocycles. The van der Waals surface area contributed by atoms with Gasteiger partial charge in [-0.25, -0.2) is 4.79 Å². The third-order valence-corrected chi connectivity index (χ3v) is 4.55. The second-order valence-corrected chi connectivity index (χ2v) is 5.72. The fourth-order valence-electron chi connectivity index (χ4n) is 2.16. The van der Waals surface area contributed by atoms with Gasteiger partial charge in [0, 0.05) is 9.75 Å². The Morgan fingerprint density at radius 2 is 2.00 bits per heavy atom. The second kappa shape index (κ2) is 4.68. The topological polar surface area (TPSA) is 74.7 Å². The molecule has 0 spiro atoms. The first kappa shape index (κ1) is 12.2. The van der Waals surface area contributed by atoms with Crippen LogP contribution in [0, 0.1) is 0 Å². The summed E-state index contributed by atoms with van der Waals surface area (Å²) in [4.78, 5) is 19.2. The third kappa shape index (κ3) is 2.22. The molecule has 4 nitrogen and oxygen atoms in total. The van der Waals surface area contributed by atoms with Crippen molar-refractivity contribution in [2.75, 3.05) is 0 Å². The molecule has 2 heterocycles. The average molecular weight is 273 g/mol. The molecule has 0 saturated heterocycles. The van der Waals surface area contributed by atoms with E-state index >= 15 is 0 Å². The van der Waals surface area contributed by atoms with Gasteiger partial charge in [-0.3, -0.25) is 0 Å². The van der Waals surface area contributed by atoms with E-state index in [0.717, 1.165) is 27.9 Å². The monoisotopic (exact) mass is 273 g/mol. The zero-order valence-corrected chi connectivity index (χ0v) is 11.4. The number of aromatic nitrogens is 2. The summed E-state index contributed by atoms with van der Waals surface area (Å²) in [6.45, 7) is 2.14. The minimum atomic E-state index is -0.190. The SMILES string of the molecule is CCc1ccc(C(N)c2ccc3[nH]c(=O)[nH]c3c2)s1. The summed E-state index contributed by atoms with van der Waals surface area (Å²) in [6.07, 6.45) is 1.03. The molecule has 1 aromatic carbocycles. The highest BCUT2D eigenvalue weighted by molar-refractivity contribution is 7.12. The summed E-state index contributed by atoms with van der Waals surface area (Å²) in [7, 11) is 0. The minimum absolute atomic E-state index is 0.145. The first-order valence-corrected chi connectivity index (χ1v) is 7.05. The van der Waals surface area contributed by atoms with Crippen LogP contribution in [0.15, 0.2) is 35.1 Å². The second-order valence-electron chi connectivity index (χ2n) is 4.52. The van der Waals surface area contributed by atoms with Crippen molar-refractivity contribution in [1.82, 2.24) is 9.97 Å².